The zero-order valence-electron chi connectivity index (χ0n) is 9.24. The predicted octanol–water partition coefficient (Wildman–Crippen LogP) is 2.88. The van der Waals surface area contributed by atoms with Crippen molar-refractivity contribution in [1.82, 2.24) is 5.32 Å². The summed E-state index contributed by atoms with van der Waals surface area (Å²) in [5, 5.41) is 4.78. The number of anilines is 1. The molecule has 0 unspecified atom stereocenters. The normalized spacial score (nSPS) is 10.1. The van der Waals surface area contributed by atoms with Gasteiger partial charge in [0.1, 0.15) is 11.6 Å². The van der Waals surface area contributed by atoms with E-state index in [1.54, 1.807) is 6.07 Å². The average Bonchev–Trinajstić information content (AvgIpc) is 2.83. The number of hydrogen-bond donors (Lipinski definition) is 2. The molecule has 0 radical (unpaired) electrons. The number of benzene rings is 1. The van der Waals surface area contributed by atoms with E-state index in [1.807, 2.05) is 0 Å². The smallest absolute Gasteiger partial charge is 0.319 e. The van der Waals surface area contributed by atoms with Crippen molar-refractivity contribution in [2.75, 3.05) is 5.32 Å². The van der Waals surface area contributed by atoms with Crippen molar-refractivity contribution in [3.8, 4) is 0 Å². The highest BCUT2D eigenvalue weighted by Gasteiger charge is 2.07. The lowest BCUT2D eigenvalue weighted by molar-refractivity contribution is 0.251. The van der Waals surface area contributed by atoms with Crippen LogP contribution in [0.3, 0.4) is 0 Å². The largest absolute Gasteiger partial charge is 0.472 e. The zero-order chi connectivity index (χ0) is 13.0. The molecule has 0 aliphatic carbocycles. The molecule has 0 fully saturated rings. The maximum atomic E-state index is 13.2. The molecule has 0 bridgehead atoms. The molecule has 4 nitrogen and oxygen atoms in total. The van der Waals surface area contributed by atoms with Gasteiger partial charge in [-0.3, -0.25) is 0 Å². The summed E-state index contributed by atoms with van der Waals surface area (Å²) in [6, 6.07) is 4.03. The minimum atomic E-state index is -0.825. The summed E-state index contributed by atoms with van der Waals surface area (Å²) in [5.74, 6) is -1.52. The second-order valence-electron chi connectivity index (χ2n) is 3.56. The first-order chi connectivity index (χ1) is 8.65. The van der Waals surface area contributed by atoms with Gasteiger partial charge in [0, 0.05) is 18.2 Å². The second-order valence-corrected chi connectivity index (χ2v) is 3.56. The van der Waals surface area contributed by atoms with Crippen molar-refractivity contribution in [1.29, 1.82) is 0 Å². The third kappa shape index (κ3) is 3.07. The Bertz CT molecular complexity index is 541. The lowest BCUT2D eigenvalue weighted by Gasteiger charge is -2.07. The van der Waals surface area contributed by atoms with Gasteiger partial charge < -0.3 is 15.1 Å². The first kappa shape index (κ1) is 12.1. The highest BCUT2D eigenvalue weighted by Crippen LogP contribution is 2.14. The molecule has 0 aliphatic heterocycles. The van der Waals surface area contributed by atoms with Crippen LogP contribution >= 0.6 is 0 Å². The Hall–Kier alpha value is -2.37. The van der Waals surface area contributed by atoms with Gasteiger partial charge in [-0.25, -0.2) is 13.6 Å². The fourth-order valence-electron chi connectivity index (χ4n) is 1.33. The van der Waals surface area contributed by atoms with E-state index in [-0.39, 0.29) is 12.2 Å². The molecular weight excluding hydrogens is 242 g/mol. The summed E-state index contributed by atoms with van der Waals surface area (Å²) >= 11 is 0. The number of carbonyl (C=O) groups excluding carboxylic acids is 1. The molecule has 1 aromatic carbocycles. The monoisotopic (exact) mass is 252 g/mol. The van der Waals surface area contributed by atoms with Crippen LogP contribution in [0, 0.1) is 11.6 Å². The van der Waals surface area contributed by atoms with Gasteiger partial charge in [0.25, 0.3) is 0 Å². The molecular formula is C12H10F2N2O2. The third-order valence-electron chi connectivity index (χ3n) is 2.21. The van der Waals surface area contributed by atoms with Gasteiger partial charge in [0.2, 0.25) is 0 Å². The summed E-state index contributed by atoms with van der Waals surface area (Å²) in [5.41, 5.74) is 0.700. The van der Waals surface area contributed by atoms with Gasteiger partial charge >= 0.3 is 6.03 Å². The Morgan fingerprint density at radius 1 is 1.28 bits per heavy atom. The Morgan fingerprint density at radius 3 is 2.78 bits per heavy atom. The topological polar surface area (TPSA) is 54.3 Å². The molecule has 1 heterocycles. The quantitative estimate of drug-likeness (QED) is 0.882. The number of amides is 2. The van der Waals surface area contributed by atoms with Gasteiger partial charge in [-0.1, -0.05) is 0 Å². The Balaban J connectivity index is 1.91. The lowest BCUT2D eigenvalue weighted by Crippen LogP contribution is -2.28. The fourth-order valence-corrected chi connectivity index (χ4v) is 1.33. The van der Waals surface area contributed by atoms with Gasteiger partial charge in [-0.05, 0) is 18.2 Å². The Labute approximate surface area is 102 Å². The van der Waals surface area contributed by atoms with Crippen LogP contribution in [0.15, 0.2) is 41.2 Å². The van der Waals surface area contributed by atoms with Crippen LogP contribution in [0.4, 0.5) is 19.3 Å². The number of nitrogens with one attached hydrogen (secondary N) is 2. The van der Waals surface area contributed by atoms with Gasteiger partial charge in [0.15, 0.2) is 0 Å². The maximum Gasteiger partial charge on any atom is 0.319 e. The number of halogens is 2. The van der Waals surface area contributed by atoms with Crippen molar-refractivity contribution in [2.24, 2.45) is 0 Å². The number of rotatable bonds is 3. The number of furan rings is 1. The van der Waals surface area contributed by atoms with Gasteiger partial charge in [-0.15, -0.1) is 0 Å². The van der Waals surface area contributed by atoms with Crippen LogP contribution in [0.5, 0.6) is 0 Å². The van der Waals surface area contributed by atoms with Crippen LogP contribution in [0.2, 0.25) is 0 Å². The molecule has 0 spiro atoms. The van der Waals surface area contributed by atoms with Crippen LogP contribution in [-0.4, -0.2) is 6.03 Å². The van der Waals surface area contributed by atoms with Crippen molar-refractivity contribution in [3.63, 3.8) is 0 Å². The first-order valence-electron chi connectivity index (χ1n) is 5.16. The molecule has 18 heavy (non-hydrogen) atoms. The third-order valence-corrected chi connectivity index (χ3v) is 2.21. The van der Waals surface area contributed by atoms with E-state index >= 15 is 0 Å². The first-order valence-corrected chi connectivity index (χ1v) is 5.16. The molecule has 0 aliphatic rings. The van der Waals surface area contributed by atoms with Crippen LogP contribution in [0.25, 0.3) is 0 Å². The molecule has 2 rings (SSSR count). The minimum absolute atomic E-state index is 0.0823. The van der Waals surface area contributed by atoms with Gasteiger partial charge in [0.05, 0.1) is 18.2 Å². The van der Waals surface area contributed by atoms with Crippen molar-refractivity contribution >= 4 is 11.7 Å². The second kappa shape index (κ2) is 5.31. The molecule has 0 atom stereocenters. The number of carbonyl (C=O) groups is 1. The maximum absolute atomic E-state index is 13.2. The van der Waals surface area contributed by atoms with Gasteiger partial charge in [-0.2, -0.15) is 0 Å². The van der Waals surface area contributed by atoms with E-state index in [1.165, 1.54) is 12.5 Å². The number of hydrogen-bond acceptors (Lipinski definition) is 2. The standard InChI is InChI=1S/C12H10F2N2O2/c13-9-1-2-11(10(14)5-9)16-12(17)15-6-8-3-4-18-7-8/h1-5,7H,6H2,(H2,15,16,17). The Kier molecular flexibility index (Phi) is 3.57. The average molecular weight is 252 g/mol. The SMILES string of the molecule is O=C(NCc1ccoc1)Nc1ccc(F)cc1F. The fraction of sp³-hybridized carbons (Fsp3) is 0.0833. The van der Waals surface area contributed by atoms with Crippen molar-refractivity contribution in [2.45, 2.75) is 6.54 Å². The summed E-state index contributed by atoms with van der Waals surface area (Å²) in [6.45, 7) is 0.255. The summed E-state index contributed by atoms with van der Waals surface area (Å²) in [6.07, 6.45) is 2.97. The van der Waals surface area contributed by atoms with Crippen molar-refractivity contribution < 1.29 is 18.0 Å². The molecule has 94 valence electrons. The van der Waals surface area contributed by atoms with E-state index in [0.29, 0.717) is 6.07 Å². The van der Waals surface area contributed by atoms with E-state index in [9.17, 15) is 13.6 Å². The van der Waals surface area contributed by atoms with E-state index in [4.69, 9.17) is 4.42 Å². The predicted molar refractivity (Wildman–Crippen MR) is 60.9 cm³/mol. The van der Waals surface area contributed by atoms with E-state index in [2.05, 4.69) is 10.6 Å². The van der Waals surface area contributed by atoms with Crippen LogP contribution in [-0.2, 0) is 6.54 Å². The summed E-state index contributed by atoms with van der Waals surface area (Å²) < 4.78 is 30.7. The summed E-state index contributed by atoms with van der Waals surface area (Å²) in [7, 11) is 0. The molecule has 2 aromatic rings. The molecule has 2 amide bonds. The zero-order valence-corrected chi connectivity index (χ0v) is 9.24. The molecule has 6 heteroatoms. The summed E-state index contributed by atoms with van der Waals surface area (Å²) in [4.78, 5) is 11.4. The number of urea groups is 1. The lowest BCUT2D eigenvalue weighted by atomic mass is 10.3. The van der Waals surface area contributed by atoms with Crippen LogP contribution < -0.4 is 10.6 Å². The molecule has 1 aromatic heterocycles. The van der Waals surface area contributed by atoms with Crippen LogP contribution in [0.1, 0.15) is 5.56 Å². The molecule has 2 N–H and O–H groups in total. The molecule has 0 saturated heterocycles. The van der Waals surface area contributed by atoms with Crippen molar-refractivity contribution in [3.05, 3.63) is 54.0 Å². The van der Waals surface area contributed by atoms with E-state index in [0.717, 1.165) is 17.7 Å². The molecule has 0 saturated carbocycles. The highest BCUT2D eigenvalue weighted by molar-refractivity contribution is 5.89. The Morgan fingerprint density at radius 2 is 2.11 bits per heavy atom. The van der Waals surface area contributed by atoms with E-state index < -0.39 is 17.7 Å². The minimum Gasteiger partial charge on any atom is -0.472 e. The highest BCUT2D eigenvalue weighted by atomic mass is 19.1.